The molecule has 0 aromatic heterocycles. The van der Waals surface area contributed by atoms with Gasteiger partial charge in [0, 0.05) is 11.1 Å². The molecule has 1 aromatic rings. The average molecular weight is 357 g/mol. The maximum atomic E-state index is 12.2. The summed E-state index contributed by atoms with van der Waals surface area (Å²) in [6.07, 6.45) is 0. The second-order valence-corrected chi connectivity index (χ2v) is 5.04. The number of hydrogen-bond acceptors (Lipinski definition) is 8. The maximum Gasteiger partial charge on any atom is 0.355 e. The summed E-state index contributed by atoms with van der Waals surface area (Å²) in [6.45, 7) is -0.395. The molecule has 2 rings (SSSR count). The number of anilines is 1. The molecule has 0 bridgehead atoms. The second-order valence-electron chi connectivity index (χ2n) is 4.61. The van der Waals surface area contributed by atoms with Crippen LogP contribution < -0.4 is 4.90 Å². The van der Waals surface area contributed by atoms with Crippen molar-refractivity contribution in [2.45, 2.75) is 0 Å². The van der Waals surface area contributed by atoms with Crippen LogP contribution in [0, 0.1) is 10.1 Å². The molecule has 0 aliphatic carbocycles. The first-order valence-corrected chi connectivity index (χ1v) is 6.97. The fourth-order valence-electron chi connectivity index (χ4n) is 2.20. The van der Waals surface area contributed by atoms with Gasteiger partial charge in [0.05, 0.1) is 31.3 Å². The predicted octanol–water partition coefficient (Wildman–Crippen LogP) is 1.64. The summed E-state index contributed by atoms with van der Waals surface area (Å²) >= 11 is 5.91. The lowest BCUT2D eigenvalue weighted by Crippen LogP contribution is -2.39. The van der Waals surface area contributed by atoms with E-state index in [2.05, 4.69) is 4.74 Å². The molecule has 0 radical (unpaired) electrons. The number of nitro benzene ring substituents is 1. The first kappa shape index (κ1) is 17.7. The smallest absolute Gasteiger partial charge is 0.355 e. The number of rotatable bonds is 4. The van der Waals surface area contributed by atoms with Gasteiger partial charge in [-0.1, -0.05) is 11.6 Å². The molecule has 1 heterocycles. The molecule has 0 saturated heterocycles. The molecule has 9 nitrogen and oxygen atoms in total. The third-order valence-electron chi connectivity index (χ3n) is 3.26. The number of halogens is 1. The van der Waals surface area contributed by atoms with Gasteiger partial charge in [0.2, 0.25) is 0 Å². The van der Waals surface area contributed by atoms with E-state index >= 15 is 0 Å². The van der Waals surface area contributed by atoms with E-state index in [9.17, 15) is 19.7 Å². The fourth-order valence-corrected chi connectivity index (χ4v) is 2.37. The van der Waals surface area contributed by atoms with E-state index in [1.807, 2.05) is 0 Å². The van der Waals surface area contributed by atoms with E-state index in [1.165, 1.54) is 18.2 Å². The molecule has 0 unspecified atom stereocenters. The molecule has 1 aliphatic rings. The Kier molecular flexibility index (Phi) is 5.37. The lowest BCUT2D eigenvalue weighted by atomic mass is 10.1. The molecule has 1 aromatic carbocycles. The number of esters is 2. The van der Waals surface area contributed by atoms with E-state index in [0.717, 1.165) is 19.1 Å². The Bertz CT molecular complexity index is 732. The summed E-state index contributed by atoms with van der Waals surface area (Å²) in [4.78, 5) is 35.9. The summed E-state index contributed by atoms with van der Waals surface area (Å²) in [5, 5.41) is 11.5. The Labute approximate surface area is 141 Å². The number of nitro groups is 1. The molecule has 0 N–H and O–H groups in total. The zero-order valence-electron chi connectivity index (χ0n) is 12.8. The number of carbonyl (C=O) groups is 2. The normalized spacial score (nSPS) is 14.4. The Morgan fingerprint density at radius 1 is 1.29 bits per heavy atom. The molecule has 1 aliphatic heterocycles. The largest absolute Gasteiger partial charge is 0.466 e. The van der Waals surface area contributed by atoms with Crippen LogP contribution >= 0.6 is 11.6 Å². The van der Waals surface area contributed by atoms with E-state index in [-0.39, 0.29) is 41.0 Å². The van der Waals surface area contributed by atoms with Crippen LogP contribution in [0.1, 0.15) is 0 Å². The van der Waals surface area contributed by atoms with Crippen LogP contribution in [0.2, 0.25) is 5.02 Å². The lowest BCUT2D eigenvalue weighted by Gasteiger charge is -2.30. The van der Waals surface area contributed by atoms with E-state index < -0.39 is 16.9 Å². The Morgan fingerprint density at radius 3 is 2.54 bits per heavy atom. The molecule has 0 saturated carbocycles. The van der Waals surface area contributed by atoms with Crippen LogP contribution in [0.25, 0.3) is 0 Å². The third-order valence-corrected chi connectivity index (χ3v) is 3.49. The van der Waals surface area contributed by atoms with Crippen molar-refractivity contribution >= 4 is 34.9 Å². The van der Waals surface area contributed by atoms with Gasteiger partial charge >= 0.3 is 11.9 Å². The molecule has 0 spiro atoms. The quantitative estimate of drug-likeness (QED) is 0.455. The van der Waals surface area contributed by atoms with Crippen molar-refractivity contribution in [3.8, 4) is 0 Å². The van der Waals surface area contributed by atoms with Crippen molar-refractivity contribution in [1.82, 2.24) is 0 Å². The summed E-state index contributed by atoms with van der Waals surface area (Å²) in [5.41, 5.74) is -0.615. The first-order valence-electron chi connectivity index (χ1n) is 6.59. The van der Waals surface area contributed by atoms with Crippen LogP contribution in [0.4, 0.5) is 11.4 Å². The van der Waals surface area contributed by atoms with Gasteiger partial charge in [-0.25, -0.2) is 9.59 Å². The maximum absolute atomic E-state index is 12.2. The number of hydrogen-bond donors (Lipinski definition) is 0. The minimum Gasteiger partial charge on any atom is -0.466 e. The van der Waals surface area contributed by atoms with Gasteiger partial charge in [0.1, 0.15) is 18.1 Å². The van der Waals surface area contributed by atoms with Crippen molar-refractivity contribution in [2.75, 3.05) is 32.5 Å². The van der Waals surface area contributed by atoms with Gasteiger partial charge in [-0.3, -0.25) is 10.1 Å². The van der Waals surface area contributed by atoms with E-state index in [0.29, 0.717) is 0 Å². The first-order chi connectivity index (χ1) is 11.4. The topological polar surface area (TPSA) is 108 Å². The summed E-state index contributed by atoms with van der Waals surface area (Å²) in [7, 11) is 2.27. The molecular formula is C14H13ClN2O7. The minimum atomic E-state index is -0.854. The minimum absolute atomic E-state index is 0.00555. The van der Waals surface area contributed by atoms with Crippen LogP contribution in [0.3, 0.4) is 0 Å². The predicted molar refractivity (Wildman–Crippen MR) is 82.5 cm³/mol. The molecule has 0 fully saturated rings. The second kappa shape index (κ2) is 7.28. The molecule has 24 heavy (non-hydrogen) atoms. The number of methoxy groups -OCH3 is 2. The summed E-state index contributed by atoms with van der Waals surface area (Å²) in [6, 6.07) is 3.84. The van der Waals surface area contributed by atoms with E-state index in [1.54, 1.807) is 0 Å². The summed E-state index contributed by atoms with van der Waals surface area (Å²) < 4.78 is 14.6. The molecule has 10 heteroatoms. The van der Waals surface area contributed by atoms with Crippen LogP contribution in [-0.2, 0) is 23.8 Å². The monoisotopic (exact) mass is 356 g/mol. The summed E-state index contributed by atoms with van der Waals surface area (Å²) in [5.74, 6) is -1.65. The van der Waals surface area contributed by atoms with Crippen molar-refractivity contribution in [3.05, 3.63) is 44.6 Å². The molecule has 128 valence electrons. The Morgan fingerprint density at radius 2 is 1.96 bits per heavy atom. The highest BCUT2D eigenvalue weighted by atomic mass is 35.5. The fraction of sp³-hybridized carbons (Fsp3) is 0.286. The van der Waals surface area contributed by atoms with Gasteiger partial charge in [-0.15, -0.1) is 0 Å². The van der Waals surface area contributed by atoms with Gasteiger partial charge < -0.3 is 19.1 Å². The Hall–Kier alpha value is -2.65. The highest BCUT2D eigenvalue weighted by Crippen LogP contribution is 2.35. The SMILES string of the molecule is COC(=O)C1=C(C(=O)OC)N(c2cc(Cl)ccc2[N+](=O)[O-])COC1. The van der Waals surface area contributed by atoms with E-state index in [4.69, 9.17) is 21.1 Å². The van der Waals surface area contributed by atoms with Crippen molar-refractivity contribution in [2.24, 2.45) is 0 Å². The Balaban J connectivity index is 2.68. The van der Waals surface area contributed by atoms with Crippen LogP contribution in [-0.4, -0.2) is 44.4 Å². The van der Waals surface area contributed by atoms with Gasteiger partial charge in [-0.05, 0) is 12.1 Å². The standard InChI is InChI=1S/C14H13ClN2O7/c1-22-13(18)9-6-24-7-16(12(9)14(19)23-2)11-5-8(15)3-4-10(11)17(20)21/h3-5H,6-7H2,1-2H3. The van der Waals surface area contributed by atoms with Gasteiger partial charge in [0.15, 0.2) is 0 Å². The molecular weight excluding hydrogens is 344 g/mol. The third kappa shape index (κ3) is 3.31. The van der Waals surface area contributed by atoms with Crippen molar-refractivity contribution in [3.63, 3.8) is 0 Å². The number of nitrogens with zero attached hydrogens (tertiary/aromatic N) is 2. The number of benzene rings is 1. The molecule has 0 amide bonds. The van der Waals surface area contributed by atoms with Crippen molar-refractivity contribution < 1.29 is 28.7 Å². The lowest BCUT2D eigenvalue weighted by molar-refractivity contribution is -0.384. The van der Waals surface area contributed by atoms with Crippen molar-refractivity contribution in [1.29, 1.82) is 0 Å². The average Bonchev–Trinajstić information content (AvgIpc) is 2.59. The number of carbonyl (C=O) groups excluding carboxylic acids is 2. The molecule has 0 atom stereocenters. The van der Waals surface area contributed by atoms with Crippen LogP contribution in [0.15, 0.2) is 29.5 Å². The zero-order chi connectivity index (χ0) is 17.9. The highest BCUT2D eigenvalue weighted by Gasteiger charge is 2.35. The highest BCUT2D eigenvalue weighted by molar-refractivity contribution is 6.31. The van der Waals surface area contributed by atoms with Crippen LogP contribution in [0.5, 0.6) is 0 Å². The van der Waals surface area contributed by atoms with Gasteiger partial charge in [0.25, 0.3) is 5.69 Å². The zero-order valence-corrected chi connectivity index (χ0v) is 13.5. The number of ether oxygens (including phenoxy) is 3. The van der Waals surface area contributed by atoms with Gasteiger partial charge in [-0.2, -0.15) is 0 Å².